The van der Waals surface area contributed by atoms with E-state index in [0.717, 1.165) is 39.9 Å². The van der Waals surface area contributed by atoms with Gasteiger partial charge in [0.05, 0.1) is 5.69 Å². The number of aldehydes is 1. The van der Waals surface area contributed by atoms with E-state index in [-0.39, 0.29) is 5.78 Å². The van der Waals surface area contributed by atoms with Crippen molar-refractivity contribution in [3.63, 3.8) is 0 Å². The highest BCUT2D eigenvalue weighted by Gasteiger charge is 2.07. The number of Topliss-reactive ketones (excluding diaryl/α,β-unsaturated/α-hetero) is 1. The second-order valence-electron chi connectivity index (χ2n) is 6.76. The van der Waals surface area contributed by atoms with Crippen LogP contribution in [0.5, 0.6) is 0 Å². The average Bonchev–Trinajstić information content (AvgIpc) is 2.91. The number of carbonyl (C=O) groups is 2. The summed E-state index contributed by atoms with van der Waals surface area (Å²) in [6.07, 6.45) is 5.77. The molecular formula is C28H29N3O2. The third-order valence-corrected chi connectivity index (χ3v) is 4.67. The molecule has 0 atom stereocenters. The van der Waals surface area contributed by atoms with Gasteiger partial charge in [0.1, 0.15) is 0 Å². The van der Waals surface area contributed by atoms with Gasteiger partial charge in [-0.25, -0.2) is 0 Å². The first-order chi connectivity index (χ1) is 16.1. The lowest BCUT2D eigenvalue weighted by molar-refractivity contribution is 0.101. The van der Waals surface area contributed by atoms with Crippen LogP contribution in [-0.4, -0.2) is 29.1 Å². The Hall–Kier alpha value is -4.12. The van der Waals surface area contributed by atoms with Gasteiger partial charge in [0.15, 0.2) is 12.1 Å². The average molecular weight is 440 g/mol. The van der Waals surface area contributed by atoms with E-state index in [0.29, 0.717) is 5.56 Å². The van der Waals surface area contributed by atoms with Crippen LogP contribution in [0.25, 0.3) is 22.4 Å². The summed E-state index contributed by atoms with van der Waals surface area (Å²) in [6, 6.07) is 23.3. The maximum atomic E-state index is 11.4. The quantitative estimate of drug-likeness (QED) is 0.281. The van der Waals surface area contributed by atoms with E-state index >= 15 is 0 Å². The summed E-state index contributed by atoms with van der Waals surface area (Å²) < 4.78 is 0. The summed E-state index contributed by atoms with van der Waals surface area (Å²) in [4.78, 5) is 29.9. The molecule has 0 bridgehead atoms. The molecular weight excluding hydrogens is 410 g/mol. The van der Waals surface area contributed by atoms with Crippen molar-refractivity contribution in [3.8, 4) is 22.4 Å². The highest BCUT2D eigenvalue weighted by molar-refractivity contribution is 6.00. The van der Waals surface area contributed by atoms with Crippen LogP contribution >= 0.6 is 0 Å². The van der Waals surface area contributed by atoms with Crippen LogP contribution < -0.4 is 5.32 Å². The molecule has 0 spiro atoms. The van der Waals surface area contributed by atoms with E-state index in [1.807, 2.05) is 75.5 Å². The molecule has 0 saturated heterocycles. The molecule has 5 heteroatoms. The molecule has 168 valence electrons. The summed E-state index contributed by atoms with van der Waals surface area (Å²) in [5, 5.41) is 3.07. The van der Waals surface area contributed by atoms with Gasteiger partial charge in [-0.3, -0.25) is 19.6 Å². The van der Waals surface area contributed by atoms with Crippen molar-refractivity contribution in [2.45, 2.75) is 20.8 Å². The van der Waals surface area contributed by atoms with Crippen molar-refractivity contribution in [1.29, 1.82) is 0 Å². The molecule has 0 radical (unpaired) electrons. The number of nitrogens with one attached hydrogen (secondary N) is 1. The summed E-state index contributed by atoms with van der Waals surface area (Å²) in [5.74, 6) is 0.0777. The van der Waals surface area contributed by atoms with E-state index in [4.69, 9.17) is 0 Å². The number of hydrogen-bond acceptors (Lipinski definition) is 5. The lowest BCUT2D eigenvalue weighted by atomic mass is 10.0. The molecule has 0 aliphatic heterocycles. The number of ketones is 1. The zero-order valence-electron chi connectivity index (χ0n) is 19.4. The predicted molar refractivity (Wildman–Crippen MR) is 136 cm³/mol. The van der Waals surface area contributed by atoms with E-state index in [1.54, 1.807) is 31.6 Å². The van der Waals surface area contributed by atoms with Gasteiger partial charge >= 0.3 is 0 Å². The van der Waals surface area contributed by atoms with Gasteiger partial charge in [-0.2, -0.15) is 0 Å². The van der Waals surface area contributed by atoms with Crippen molar-refractivity contribution < 1.29 is 9.59 Å². The summed E-state index contributed by atoms with van der Waals surface area (Å²) in [6.45, 7) is 5.58. The van der Waals surface area contributed by atoms with Gasteiger partial charge in [0.25, 0.3) is 0 Å². The molecule has 5 nitrogen and oxygen atoms in total. The van der Waals surface area contributed by atoms with Gasteiger partial charge in [-0.15, -0.1) is 0 Å². The molecule has 33 heavy (non-hydrogen) atoms. The Bertz CT molecular complexity index is 1140. The number of carbonyl (C=O) groups excluding carboxylic acids is 2. The number of rotatable bonds is 5. The molecule has 4 rings (SSSR count). The van der Waals surface area contributed by atoms with Gasteiger partial charge < -0.3 is 5.32 Å². The molecule has 2 heterocycles. The minimum absolute atomic E-state index is 0.0777. The zero-order chi connectivity index (χ0) is 24.1. The standard InChI is InChI=1S/C15H15NO.C11H8N2O.C2H6/c1-11(17)14-9-8-13(10-15(14)16-2)12-6-4-3-5-7-12;14-8-9-1-2-11(13-7-9)10-3-5-12-6-4-10;1-2/h3-10,16H,1-2H3;1-8H;1-2H3. The minimum atomic E-state index is 0.0777. The maximum Gasteiger partial charge on any atom is 0.161 e. The fraction of sp³-hybridized carbons (Fsp3) is 0.143. The molecule has 0 aliphatic carbocycles. The molecule has 0 unspecified atom stereocenters. The van der Waals surface area contributed by atoms with Crippen molar-refractivity contribution in [2.24, 2.45) is 0 Å². The smallest absolute Gasteiger partial charge is 0.161 e. The topological polar surface area (TPSA) is 72.0 Å². The van der Waals surface area contributed by atoms with Crippen LogP contribution in [0.1, 0.15) is 41.5 Å². The summed E-state index contributed by atoms with van der Waals surface area (Å²) in [7, 11) is 1.83. The Morgan fingerprint density at radius 1 is 0.848 bits per heavy atom. The molecule has 0 amide bonds. The van der Waals surface area contributed by atoms with Crippen LogP contribution in [0.4, 0.5) is 5.69 Å². The van der Waals surface area contributed by atoms with Crippen LogP contribution in [0.2, 0.25) is 0 Å². The zero-order valence-corrected chi connectivity index (χ0v) is 19.4. The van der Waals surface area contributed by atoms with Crippen molar-refractivity contribution in [1.82, 2.24) is 9.97 Å². The van der Waals surface area contributed by atoms with Crippen LogP contribution in [-0.2, 0) is 0 Å². The SMILES string of the molecule is CC.CNc1cc(-c2ccccc2)ccc1C(C)=O.O=Cc1ccc(-c2ccncc2)nc1. The third-order valence-electron chi connectivity index (χ3n) is 4.67. The summed E-state index contributed by atoms with van der Waals surface area (Å²) >= 11 is 0. The fourth-order valence-electron chi connectivity index (χ4n) is 3.04. The Morgan fingerprint density at radius 2 is 1.55 bits per heavy atom. The van der Waals surface area contributed by atoms with Crippen LogP contribution in [0.3, 0.4) is 0 Å². The summed E-state index contributed by atoms with van der Waals surface area (Å²) in [5.41, 5.74) is 6.29. The number of nitrogens with zero attached hydrogens (tertiary/aromatic N) is 2. The van der Waals surface area contributed by atoms with Gasteiger partial charge in [0.2, 0.25) is 0 Å². The molecule has 2 aromatic heterocycles. The largest absolute Gasteiger partial charge is 0.388 e. The number of pyridine rings is 2. The Labute approximate surface area is 195 Å². The molecule has 0 saturated carbocycles. The highest BCUT2D eigenvalue weighted by atomic mass is 16.1. The van der Waals surface area contributed by atoms with E-state index in [1.165, 1.54) is 0 Å². The monoisotopic (exact) mass is 439 g/mol. The normalized spacial score (nSPS) is 9.45. The van der Waals surface area contributed by atoms with E-state index in [9.17, 15) is 9.59 Å². The van der Waals surface area contributed by atoms with Gasteiger partial charge in [-0.1, -0.05) is 50.2 Å². The van der Waals surface area contributed by atoms with Crippen molar-refractivity contribution in [2.75, 3.05) is 12.4 Å². The second kappa shape index (κ2) is 13.3. The number of hydrogen-bond donors (Lipinski definition) is 1. The molecule has 0 fully saturated rings. The Balaban J connectivity index is 0.000000221. The first kappa shape index (κ1) is 25.1. The molecule has 2 aromatic carbocycles. The van der Waals surface area contributed by atoms with Gasteiger partial charge in [-0.05, 0) is 54.4 Å². The van der Waals surface area contributed by atoms with Crippen LogP contribution in [0.15, 0.2) is 91.4 Å². The Kier molecular flexibility index (Phi) is 10.2. The number of benzene rings is 2. The molecule has 4 aromatic rings. The van der Waals surface area contributed by atoms with Crippen molar-refractivity contribution >= 4 is 17.8 Å². The maximum absolute atomic E-state index is 11.4. The third kappa shape index (κ3) is 7.21. The van der Waals surface area contributed by atoms with Crippen molar-refractivity contribution in [3.05, 3.63) is 103 Å². The first-order valence-corrected chi connectivity index (χ1v) is 10.8. The van der Waals surface area contributed by atoms with Gasteiger partial charge in [0, 0.05) is 48.0 Å². The highest BCUT2D eigenvalue weighted by Crippen LogP contribution is 2.25. The van der Waals surface area contributed by atoms with E-state index < -0.39 is 0 Å². The predicted octanol–water partition coefficient (Wildman–Crippen LogP) is 6.58. The van der Waals surface area contributed by atoms with E-state index in [2.05, 4.69) is 27.4 Å². The minimum Gasteiger partial charge on any atom is -0.388 e. The molecule has 0 aliphatic rings. The lowest BCUT2D eigenvalue weighted by Gasteiger charge is -2.09. The first-order valence-electron chi connectivity index (χ1n) is 10.8. The Morgan fingerprint density at radius 3 is 2.09 bits per heavy atom. The lowest BCUT2D eigenvalue weighted by Crippen LogP contribution is -2.00. The van der Waals surface area contributed by atoms with Crippen LogP contribution in [0, 0.1) is 0 Å². The number of aromatic nitrogens is 2. The number of anilines is 1. The molecule has 1 N–H and O–H groups in total. The second-order valence-corrected chi connectivity index (χ2v) is 6.76. The fourth-order valence-corrected chi connectivity index (χ4v) is 3.04.